The number of carbonyl (C=O) groups excluding carboxylic acids is 1. The quantitative estimate of drug-likeness (QED) is 0.803. The Balaban J connectivity index is 2.56. The van der Waals surface area contributed by atoms with Gasteiger partial charge in [-0.15, -0.1) is 0 Å². The molecule has 10 heteroatoms. The maximum absolute atomic E-state index is 12.0. The van der Waals surface area contributed by atoms with Gasteiger partial charge in [0.1, 0.15) is 17.3 Å². The van der Waals surface area contributed by atoms with Crippen LogP contribution in [0.1, 0.15) is 12.8 Å². The molecule has 0 radical (unpaired) electrons. The van der Waals surface area contributed by atoms with E-state index in [1.807, 2.05) is 0 Å². The summed E-state index contributed by atoms with van der Waals surface area (Å²) in [5, 5.41) is 13.5. The van der Waals surface area contributed by atoms with Crippen LogP contribution in [0.5, 0.6) is 0 Å². The molecule has 1 aliphatic rings. The molecule has 1 rings (SSSR count). The SMILES string of the molecule is O=C(O)[C@@H](C[C@@H]1CC(Cl)=NO1)NC(=O)C(F)(F)F. The maximum Gasteiger partial charge on any atom is 0.471 e. The highest BCUT2D eigenvalue weighted by Gasteiger charge is 2.41. The lowest BCUT2D eigenvalue weighted by molar-refractivity contribution is -0.175. The number of carboxylic acids is 1. The minimum atomic E-state index is -5.14. The summed E-state index contributed by atoms with van der Waals surface area (Å²) < 4.78 is 35.9. The normalized spacial score (nSPS) is 20.9. The van der Waals surface area contributed by atoms with E-state index in [9.17, 15) is 22.8 Å². The lowest BCUT2D eigenvalue weighted by Gasteiger charge is -2.17. The van der Waals surface area contributed by atoms with Crippen LogP contribution in [0.25, 0.3) is 0 Å². The number of nitrogens with one attached hydrogen (secondary N) is 1. The number of rotatable bonds is 4. The molecule has 2 N–H and O–H groups in total. The fraction of sp³-hybridized carbons (Fsp3) is 0.625. The van der Waals surface area contributed by atoms with E-state index in [0.717, 1.165) is 0 Å². The Morgan fingerprint density at radius 3 is 2.61 bits per heavy atom. The predicted molar refractivity (Wildman–Crippen MR) is 53.0 cm³/mol. The number of hydrogen-bond donors (Lipinski definition) is 2. The molecule has 0 fully saturated rings. The number of amides is 1. The van der Waals surface area contributed by atoms with E-state index in [1.54, 1.807) is 0 Å². The number of aliphatic carboxylic acids is 1. The van der Waals surface area contributed by atoms with E-state index in [2.05, 4.69) is 9.99 Å². The molecule has 18 heavy (non-hydrogen) atoms. The average molecular weight is 289 g/mol. The van der Waals surface area contributed by atoms with Crippen LogP contribution >= 0.6 is 11.6 Å². The Kier molecular flexibility index (Phi) is 4.38. The zero-order valence-corrected chi connectivity index (χ0v) is 9.46. The van der Waals surface area contributed by atoms with Crippen LogP contribution < -0.4 is 5.32 Å². The number of oxime groups is 1. The Morgan fingerprint density at radius 2 is 2.22 bits per heavy atom. The third kappa shape index (κ3) is 4.06. The zero-order valence-electron chi connectivity index (χ0n) is 8.70. The van der Waals surface area contributed by atoms with Crippen LogP contribution in [0.3, 0.4) is 0 Å². The van der Waals surface area contributed by atoms with Gasteiger partial charge in [-0.05, 0) is 0 Å². The molecular weight excluding hydrogens is 281 g/mol. The van der Waals surface area contributed by atoms with Gasteiger partial charge >= 0.3 is 18.1 Å². The van der Waals surface area contributed by atoms with Crippen molar-refractivity contribution >= 4 is 28.6 Å². The van der Waals surface area contributed by atoms with Crippen molar-refractivity contribution in [1.29, 1.82) is 0 Å². The molecule has 0 aromatic carbocycles. The van der Waals surface area contributed by atoms with E-state index >= 15 is 0 Å². The smallest absolute Gasteiger partial charge is 0.471 e. The highest BCUT2D eigenvalue weighted by atomic mass is 35.5. The maximum atomic E-state index is 12.0. The average Bonchev–Trinajstić information content (AvgIpc) is 2.61. The molecular formula is C8H8ClF3N2O4. The fourth-order valence-corrected chi connectivity index (χ4v) is 1.46. The van der Waals surface area contributed by atoms with E-state index in [1.165, 1.54) is 5.32 Å². The van der Waals surface area contributed by atoms with Gasteiger partial charge in [-0.1, -0.05) is 16.8 Å². The Bertz CT molecular complexity index is 385. The van der Waals surface area contributed by atoms with Gasteiger partial charge in [-0.3, -0.25) is 4.79 Å². The molecule has 0 unspecified atom stereocenters. The molecule has 0 aliphatic carbocycles. The summed E-state index contributed by atoms with van der Waals surface area (Å²) in [5.74, 6) is -3.92. The fourth-order valence-electron chi connectivity index (χ4n) is 1.24. The molecule has 1 amide bonds. The van der Waals surface area contributed by atoms with Crippen LogP contribution in [0.4, 0.5) is 13.2 Å². The van der Waals surface area contributed by atoms with Gasteiger partial charge in [0.25, 0.3) is 0 Å². The first-order chi connectivity index (χ1) is 8.20. The molecule has 1 aliphatic heterocycles. The van der Waals surface area contributed by atoms with E-state index in [4.69, 9.17) is 16.7 Å². The molecule has 0 saturated heterocycles. The number of nitrogens with zero attached hydrogens (tertiary/aromatic N) is 1. The molecule has 6 nitrogen and oxygen atoms in total. The number of hydrogen-bond acceptors (Lipinski definition) is 4. The van der Waals surface area contributed by atoms with E-state index in [-0.39, 0.29) is 18.0 Å². The van der Waals surface area contributed by atoms with Crippen molar-refractivity contribution in [2.24, 2.45) is 5.16 Å². The van der Waals surface area contributed by atoms with Gasteiger partial charge in [-0.25, -0.2) is 4.79 Å². The van der Waals surface area contributed by atoms with Gasteiger partial charge in [0, 0.05) is 12.8 Å². The Hall–Kier alpha value is -1.51. The first kappa shape index (κ1) is 14.6. The summed E-state index contributed by atoms with van der Waals surface area (Å²) in [5.41, 5.74) is 0. The lowest BCUT2D eigenvalue weighted by Crippen LogP contribution is -2.48. The second-order valence-corrected chi connectivity index (χ2v) is 3.93. The monoisotopic (exact) mass is 288 g/mol. The molecule has 0 spiro atoms. The van der Waals surface area contributed by atoms with Crippen molar-refractivity contribution in [3.63, 3.8) is 0 Å². The highest BCUT2D eigenvalue weighted by molar-refractivity contribution is 6.65. The highest BCUT2D eigenvalue weighted by Crippen LogP contribution is 2.19. The molecule has 0 aromatic heterocycles. The summed E-state index contributed by atoms with van der Waals surface area (Å²) in [6, 6.07) is -1.72. The topological polar surface area (TPSA) is 88.0 Å². The second kappa shape index (κ2) is 5.42. The predicted octanol–water partition coefficient (Wildman–Crippen LogP) is 0.849. The van der Waals surface area contributed by atoms with Crippen LogP contribution in [-0.4, -0.2) is 40.5 Å². The van der Waals surface area contributed by atoms with Crippen LogP contribution in [0.15, 0.2) is 5.16 Å². The van der Waals surface area contributed by atoms with Crippen LogP contribution in [0, 0.1) is 0 Å². The van der Waals surface area contributed by atoms with Crippen molar-refractivity contribution in [2.75, 3.05) is 0 Å². The van der Waals surface area contributed by atoms with Gasteiger partial charge < -0.3 is 15.3 Å². The first-order valence-corrected chi connectivity index (χ1v) is 5.06. The molecule has 0 saturated carbocycles. The van der Waals surface area contributed by atoms with E-state index in [0.29, 0.717) is 0 Å². The lowest BCUT2D eigenvalue weighted by atomic mass is 10.1. The molecule has 2 atom stereocenters. The van der Waals surface area contributed by atoms with E-state index < -0.39 is 30.2 Å². The van der Waals surface area contributed by atoms with Crippen molar-refractivity contribution in [3.05, 3.63) is 0 Å². The summed E-state index contributed by atoms with van der Waals surface area (Å²) >= 11 is 5.46. The third-order valence-corrected chi connectivity index (χ3v) is 2.28. The number of carbonyl (C=O) groups is 2. The standard InChI is InChI=1S/C8H8ClF3N2O4/c9-5-2-3(18-14-5)1-4(6(15)16)13-7(17)8(10,11)12/h3-4H,1-2H2,(H,13,17)(H,15,16)/t3-,4-/m1/s1. The van der Waals surface area contributed by atoms with Crippen LogP contribution in [0.2, 0.25) is 0 Å². The van der Waals surface area contributed by atoms with Crippen molar-refractivity contribution < 1.29 is 32.7 Å². The largest absolute Gasteiger partial charge is 0.480 e. The molecule has 102 valence electrons. The second-order valence-electron chi connectivity index (χ2n) is 3.50. The number of alkyl halides is 3. The number of halogens is 4. The molecule has 0 aromatic rings. The Labute approximate surface area is 104 Å². The van der Waals surface area contributed by atoms with Gasteiger partial charge in [0.15, 0.2) is 0 Å². The van der Waals surface area contributed by atoms with Crippen molar-refractivity contribution in [1.82, 2.24) is 5.32 Å². The summed E-state index contributed by atoms with van der Waals surface area (Å²) in [4.78, 5) is 26.0. The van der Waals surface area contributed by atoms with Crippen LogP contribution in [-0.2, 0) is 14.4 Å². The molecule has 0 bridgehead atoms. The summed E-state index contributed by atoms with van der Waals surface area (Å²) in [6.07, 6.45) is -6.19. The third-order valence-electron chi connectivity index (χ3n) is 2.06. The summed E-state index contributed by atoms with van der Waals surface area (Å²) in [7, 11) is 0. The summed E-state index contributed by atoms with van der Waals surface area (Å²) in [6.45, 7) is 0. The van der Waals surface area contributed by atoms with Gasteiger partial charge in [-0.2, -0.15) is 13.2 Å². The number of carboxylic acid groups (broad SMARTS) is 1. The minimum absolute atomic E-state index is 0.0892. The van der Waals surface area contributed by atoms with Crippen molar-refractivity contribution in [3.8, 4) is 0 Å². The van der Waals surface area contributed by atoms with Gasteiger partial charge in [0.05, 0.1) is 0 Å². The first-order valence-electron chi connectivity index (χ1n) is 4.69. The Morgan fingerprint density at radius 1 is 1.61 bits per heavy atom. The van der Waals surface area contributed by atoms with Gasteiger partial charge in [0.2, 0.25) is 0 Å². The minimum Gasteiger partial charge on any atom is -0.480 e. The molecule has 1 heterocycles. The zero-order chi connectivity index (χ0) is 13.9. The van der Waals surface area contributed by atoms with Crippen molar-refractivity contribution in [2.45, 2.75) is 31.2 Å².